The third-order valence-electron chi connectivity index (χ3n) is 2.09. The second-order valence-corrected chi connectivity index (χ2v) is 3.53. The highest BCUT2D eigenvalue weighted by Crippen LogP contribution is 2.15. The highest BCUT2D eigenvalue weighted by molar-refractivity contribution is 5.93. The fraction of sp³-hybridized carbons (Fsp3) is 0.0909. The zero-order valence-electron chi connectivity index (χ0n) is 9.75. The highest BCUT2D eigenvalue weighted by atomic mass is 16.6. The molecule has 0 heterocycles. The van der Waals surface area contributed by atoms with Gasteiger partial charge in [0.1, 0.15) is 6.42 Å². The van der Waals surface area contributed by atoms with Crippen LogP contribution in [0.25, 0.3) is 5.70 Å². The maximum atomic E-state index is 11.0. The van der Waals surface area contributed by atoms with Crippen LogP contribution < -0.4 is 10.9 Å². The smallest absolute Gasteiger partial charge is 0.312 e. The number of hydrogen-bond acceptors (Lipinski definition) is 5. The summed E-state index contributed by atoms with van der Waals surface area (Å²) in [6.45, 7) is 3.61. The van der Waals surface area contributed by atoms with E-state index in [4.69, 9.17) is 5.11 Å². The lowest BCUT2D eigenvalue weighted by Gasteiger charge is -2.10. The molecule has 0 saturated carbocycles. The third kappa shape index (κ3) is 4.46. The molecular weight excluding hydrogens is 254 g/mol. The molecule has 1 amide bonds. The topological polar surface area (TPSA) is 122 Å². The fourth-order valence-corrected chi connectivity index (χ4v) is 1.18. The number of carbonyl (C=O) groups excluding carboxylic acids is 1. The Balaban J connectivity index is 2.56. The van der Waals surface area contributed by atoms with Gasteiger partial charge in [-0.2, -0.15) is 0 Å². The molecule has 1 rings (SSSR count). The van der Waals surface area contributed by atoms with Crippen LogP contribution in [0.4, 0.5) is 5.69 Å². The van der Waals surface area contributed by atoms with Gasteiger partial charge in [0.05, 0.1) is 10.6 Å². The van der Waals surface area contributed by atoms with E-state index in [0.717, 1.165) is 0 Å². The van der Waals surface area contributed by atoms with E-state index in [2.05, 4.69) is 17.4 Å². The summed E-state index contributed by atoms with van der Waals surface area (Å²) < 4.78 is 0. The summed E-state index contributed by atoms with van der Waals surface area (Å²) in [5.74, 6) is -1.98. The third-order valence-corrected chi connectivity index (χ3v) is 2.09. The van der Waals surface area contributed by atoms with Crippen molar-refractivity contribution in [1.82, 2.24) is 10.9 Å². The number of benzene rings is 1. The summed E-state index contributed by atoms with van der Waals surface area (Å²) >= 11 is 0. The largest absolute Gasteiger partial charge is 0.481 e. The monoisotopic (exact) mass is 265 g/mol. The number of aliphatic carboxylic acids is 1. The molecule has 0 bridgehead atoms. The molecule has 1 aromatic carbocycles. The zero-order valence-corrected chi connectivity index (χ0v) is 9.75. The number of hydrogen-bond donors (Lipinski definition) is 3. The van der Waals surface area contributed by atoms with Crippen molar-refractivity contribution in [3.63, 3.8) is 0 Å². The van der Waals surface area contributed by atoms with E-state index in [1.165, 1.54) is 24.3 Å². The number of amides is 1. The molecule has 0 saturated heterocycles. The molecule has 0 aliphatic heterocycles. The van der Waals surface area contributed by atoms with Crippen LogP contribution in [0.1, 0.15) is 12.0 Å². The van der Waals surface area contributed by atoms with Crippen LogP contribution in [0.3, 0.4) is 0 Å². The average Bonchev–Trinajstić information content (AvgIpc) is 2.35. The van der Waals surface area contributed by atoms with Crippen molar-refractivity contribution in [3.8, 4) is 0 Å². The van der Waals surface area contributed by atoms with Crippen LogP contribution >= 0.6 is 0 Å². The van der Waals surface area contributed by atoms with E-state index in [1.807, 2.05) is 0 Å². The molecule has 0 unspecified atom stereocenters. The van der Waals surface area contributed by atoms with Gasteiger partial charge < -0.3 is 5.11 Å². The van der Waals surface area contributed by atoms with Crippen LogP contribution in [-0.2, 0) is 9.59 Å². The van der Waals surface area contributed by atoms with Crippen LogP contribution in [0, 0.1) is 10.1 Å². The first-order valence-electron chi connectivity index (χ1n) is 5.10. The van der Waals surface area contributed by atoms with Crippen LogP contribution in [0.15, 0.2) is 30.8 Å². The van der Waals surface area contributed by atoms with Crippen molar-refractivity contribution in [2.45, 2.75) is 6.42 Å². The summed E-state index contributed by atoms with van der Waals surface area (Å²) in [5.41, 5.74) is 5.32. The lowest BCUT2D eigenvalue weighted by atomic mass is 10.1. The van der Waals surface area contributed by atoms with Gasteiger partial charge in [0, 0.05) is 12.1 Å². The Morgan fingerprint density at radius 2 is 1.84 bits per heavy atom. The first-order valence-corrected chi connectivity index (χ1v) is 5.10. The van der Waals surface area contributed by atoms with Crippen molar-refractivity contribution >= 4 is 23.3 Å². The minimum absolute atomic E-state index is 0.0635. The second-order valence-electron chi connectivity index (χ2n) is 3.53. The average molecular weight is 265 g/mol. The molecule has 0 atom stereocenters. The SMILES string of the molecule is C=C(NNC(=O)CC(=O)O)c1ccc([N+](=O)[O-])cc1. The van der Waals surface area contributed by atoms with E-state index in [-0.39, 0.29) is 11.4 Å². The predicted molar refractivity (Wildman–Crippen MR) is 65.7 cm³/mol. The molecule has 0 aliphatic rings. The summed E-state index contributed by atoms with van der Waals surface area (Å²) in [7, 11) is 0. The Kier molecular flexibility index (Phi) is 4.58. The maximum Gasteiger partial charge on any atom is 0.312 e. The lowest BCUT2D eigenvalue weighted by molar-refractivity contribution is -0.384. The Morgan fingerprint density at radius 3 is 2.32 bits per heavy atom. The van der Waals surface area contributed by atoms with Crippen molar-refractivity contribution in [2.75, 3.05) is 0 Å². The molecule has 0 radical (unpaired) electrons. The summed E-state index contributed by atoms with van der Waals surface area (Å²) in [6, 6.07) is 5.50. The molecule has 1 aromatic rings. The molecule has 8 heteroatoms. The lowest BCUT2D eigenvalue weighted by Crippen LogP contribution is -2.36. The number of carboxylic acids is 1. The summed E-state index contributed by atoms with van der Waals surface area (Å²) in [5, 5.41) is 18.8. The number of carbonyl (C=O) groups is 2. The van der Waals surface area contributed by atoms with Gasteiger partial charge in [-0.3, -0.25) is 30.6 Å². The number of hydrazine groups is 1. The van der Waals surface area contributed by atoms with Gasteiger partial charge in [0.15, 0.2) is 0 Å². The summed E-state index contributed by atoms with van der Waals surface area (Å²) in [6.07, 6.45) is -0.666. The van der Waals surface area contributed by atoms with Crippen molar-refractivity contribution in [1.29, 1.82) is 0 Å². The quantitative estimate of drug-likeness (QED) is 0.394. The number of nitro groups is 1. The van der Waals surface area contributed by atoms with E-state index >= 15 is 0 Å². The number of non-ortho nitro benzene ring substituents is 1. The van der Waals surface area contributed by atoms with E-state index in [9.17, 15) is 19.7 Å². The molecule has 100 valence electrons. The first kappa shape index (κ1) is 14.2. The molecule has 0 aliphatic carbocycles. The molecule has 8 nitrogen and oxygen atoms in total. The van der Waals surface area contributed by atoms with Crippen LogP contribution in [-0.4, -0.2) is 21.9 Å². The first-order chi connectivity index (χ1) is 8.90. The maximum absolute atomic E-state index is 11.0. The van der Waals surface area contributed by atoms with E-state index < -0.39 is 23.2 Å². The van der Waals surface area contributed by atoms with Crippen molar-refractivity contribution in [3.05, 3.63) is 46.5 Å². The second kappa shape index (κ2) is 6.15. The standard InChI is InChI=1S/C11H11N3O5/c1-7(12-13-10(15)6-11(16)17)8-2-4-9(5-3-8)14(18)19/h2-5,12H,1,6H2,(H,13,15)(H,16,17). The Hall–Kier alpha value is -2.90. The number of nitro benzene ring substituents is 1. The minimum atomic E-state index is -1.25. The number of nitrogens with one attached hydrogen (secondary N) is 2. The van der Waals surface area contributed by atoms with E-state index in [0.29, 0.717) is 5.56 Å². The number of carboxylic acid groups (broad SMARTS) is 1. The van der Waals surface area contributed by atoms with Gasteiger partial charge in [0.25, 0.3) is 5.69 Å². The zero-order chi connectivity index (χ0) is 14.4. The van der Waals surface area contributed by atoms with Gasteiger partial charge in [-0.05, 0) is 17.7 Å². The van der Waals surface area contributed by atoms with Gasteiger partial charge in [-0.1, -0.05) is 6.58 Å². The number of nitrogens with zero attached hydrogens (tertiary/aromatic N) is 1. The molecule has 19 heavy (non-hydrogen) atoms. The van der Waals surface area contributed by atoms with Gasteiger partial charge in [-0.15, -0.1) is 0 Å². The molecular formula is C11H11N3O5. The van der Waals surface area contributed by atoms with E-state index in [1.54, 1.807) is 0 Å². The van der Waals surface area contributed by atoms with Crippen LogP contribution in [0.2, 0.25) is 0 Å². The predicted octanol–water partition coefficient (Wildman–Crippen LogP) is 0.661. The molecule has 0 aromatic heterocycles. The van der Waals surface area contributed by atoms with Crippen molar-refractivity contribution in [2.24, 2.45) is 0 Å². The van der Waals surface area contributed by atoms with Gasteiger partial charge in [-0.25, -0.2) is 0 Å². The highest BCUT2D eigenvalue weighted by Gasteiger charge is 2.08. The minimum Gasteiger partial charge on any atom is -0.481 e. The Labute approximate surface area is 107 Å². The Morgan fingerprint density at radius 1 is 1.26 bits per heavy atom. The Bertz CT molecular complexity index is 524. The molecule has 0 fully saturated rings. The molecule has 0 spiro atoms. The molecule has 3 N–H and O–H groups in total. The fourth-order valence-electron chi connectivity index (χ4n) is 1.18. The van der Waals surface area contributed by atoms with Crippen molar-refractivity contribution < 1.29 is 19.6 Å². The normalized spacial score (nSPS) is 9.47. The van der Waals surface area contributed by atoms with Crippen LogP contribution in [0.5, 0.6) is 0 Å². The van der Waals surface area contributed by atoms with Gasteiger partial charge >= 0.3 is 5.97 Å². The van der Waals surface area contributed by atoms with Gasteiger partial charge in [0.2, 0.25) is 5.91 Å². The summed E-state index contributed by atoms with van der Waals surface area (Å²) in [4.78, 5) is 31.2. The number of rotatable bonds is 6.